The summed E-state index contributed by atoms with van der Waals surface area (Å²) in [5.74, 6) is 0.0765. The van der Waals surface area contributed by atoms with Gasteiger partial charge in [-0.25, -0.2) is 0 Å². The molecule has 1 aliphatic rings. The summed E-state index contributed by atoms with van der Waals surface area (Å²) < 4.78 is 8.10. The molecule has 0 radical (unpaired) electrons. The van der Waals surface area contributed by atoms with Gasteiger partial charge in [-0.1, -0.05) is 36.4 Å². The van der Waals surface area contributed by atoms with Crippen molar-refractivity contribution in [3.05, 3.63) is 71.9 Å². The first-order valence-corrected chi connectivity index (χ1v) is 9.20. The van der Waals surface area contributed by atoms with E-state index in [-0.39, 0.29) is 12.0 Å². The Labute approximate surface area is 154 Å². The molecule has 2 aromatic carbocycles. The fraction of sp³-hybridized carbons (Fsp3) is 0.318. The molecule has 4 nitrogen and oxygen atoms in total. The third kappa shape index (κ3) is 3.13. The number of rotatable bonds is 3. The molecule has 1 aromatic heterocycles. The van der Waals surface area contributed by atoms with Crippen molar-refractivity contribution >= 4 is 16.8 Å². The van der Waals surface area contributed by atoms with Crippen molar-refractivity contribution in [3.8, 4) is 0 Å². The average molecular weight is 348 g/mol. The maximum atomic E-state index is 13.1. The van der Waals surface area contributed by atoms with Gasteiger partial charge < -0.3 is 14.2 Å². The minimum absolute atomic E-state index is 0.0582. The van der Waals surface area contributed by atoms with Crippen LogP contribution in [0.4, 0.5) is 0 Å². The quantitative estimate of drug-likeness (QED) is 0.701. The van der Waals surface area contributed by atoms with Crippen LogP contribution >= 0.6 is 0 Å². The molecular weight excluding hydrogens is 324 g/mol. The summed E-state index contributed by atoms with van der Waals surface area (Å²) in [6, 6.07) is 18.6. The van der Waals surface area contributed by atoms with Gasteiger partial charge in [0.25, 0.3) is 5.91 Å². The molecule has 134 valence electrons. The minimum Gasteiger partial charge on any atom is -0.370 e. The molecule has 4 heteroatoms. The highest BCUT2D eigenvalue weighted by Crippen LogP contribution is 2.25. The van der Waals surface area contributed by atoms with E-state index in [2.05, 4.69) is 42.8 Å². The Morgan fingerprint density at radius 3 is 2.69 bits per heavy atom. The smallest absolute Gasteiger partial charge is 0.254 e. The maximum absolute atomic E-state index is 13.1. The van der Waals surface area contributed by atoms with Crippen LogP contribution in [-0.2, 0) is 4.74 Å². The molecule has 1 amide bonds. The lowest BCUT2D eigenvalue weighted by molar-refractivity contribution is -0.0228. The van der Waals surface area contributed by atoms with Crippen LogP contribution in [0.15, 0.2) is 60.8 Å². The second-order valence-corrected chi connectivity index (χ2v) is 7.11. The zero-order valence-electron chi connectivity index (χ0n) is 15.3. The van der Waals surface area contributed by atoms with Crippen LogP contribution in [0.1, 0.15) is 41.9 Å². The molecule has 1 aliphatic heterocycles. The van der Waals surface area contributed by atoms with Crippen LogP contribution in [-0.4, -0.2) is 35.1 Å². The zero-order chi connectivity index (χ0) is 18.1. The predicted octanol–water partition coefficient (Wildman–Crippen LogP) is 4.44. The van der Waals surface area contributed by atoms with Gasteiger partial charge in [0.2, 0.25) is 0 Å². The summed E-state index contributed by atoms with van der Waals surface area (Å²) in [7, 11) is 0. The number of hydrogen-bond donors (Lipinski definition) is 0. The van der Waals surface area contributed by atoms with Crippen LogP contribution in [0.2, 0.25) is 0 Å². The van der Waals surface area contributed by atoms with Crippen molar-refractivity contribution in [2.45, 2.75) is 26.0 Å². The van der Waals surface area contributed by atoms with Crippen LogP contribution < -0.4 is 0 Å². The number of carbonyl (C=O) groups excluding carboxylic acids is 1. The van der Waals surface area contributed by atoms with E-state index in [1.165, 1.54) is 5.39 Å². The second-order valence-electron chi connectivity index (χ2n) is 7.11. The number of ether oxygens (including phenoxy) is 1. The van der Waals surface area contributed by atoms with Gasteiger partial charge in [0.1, 0.15) is 6.10 Å². The van der Waals surface area contributed by atoms with Crippen molar-refractivity contribution in [2.24, 2.45) is 0 Å². The number of aromatic nitrogens is 1. The number of amides is 1. The van der Waals surface area contributed by atoms with Gasteiger partial charge in [0, 0.05) is 29.9 Å². The molecule has 3 aromatic rings. The van der Waals surface area contributed by atoms with Gasteiger partial charge in [0.15, 0.2) is 0 Å². The lowest BCUT2D eigenvalue weighted by Crippen LogP contribution is -2.42. The van der Waals surface area contributed by atoms with Crippen LogP contribution in [0.5, 0.6) is 0 Å². The molecule has 0 unspecified atom stereocenters. The molecule has 2 heterocycles. The van der Waals surface area contributed by atoms with Gasteiger partial charge in [-0.15, -0.1) is 0 Å². The van der Waals surface area contributed by atoms with Crippen molar-refractivity contribution in [2.75, 3.05) is 19.7 Å². The number of nitrogens with zero attached hydrogens (tertiary/aromatic N) is 2. The molecule has 0 aliphatic carbocycles. The van der Waals surface area contributed by atoms with E-state index in [9.17, 15) is 4.79 Å². The lowest BCUT2D eigenvalue weighted by atomic mass is 10.1. The molecular formula is C22H24N2O2. The summed E-state index contributed by atoms with van der Waals surface area (Å²) in [5.41, 5.74) is 2.97. The highest BCUT2D eigenvalue weighted by molar-refractivity contribution is 5.98. The summed E-state index contributed by atoms with van der Waals surface area (Å²) in [4.78, 5) is 15.0. The lowest BCUT2D eigenvalue weighted by Gasteiger charge is -2.33. The van der Waals surface area contributed by atoms with Gasteiger partial charge in [-0.2, -0.15) is 0 Å². The SMILES string of the molecule is CC(C)n1ccc2ccc(C(=O)N3CCO[C@H](c4ccccc4)C3)cc21. The van der Waals surface area contributed by atoms with Gasteiger partial charge in [0.05, 0.1) is 13.2 Å². The van der Waals surface area contributed by atoms with E-state index in [0.29, 0.717) is 25.7 Å². The van der Waals surface area contributed by atoms with Crippen LogP contribution in [0, 0.1) is 0 Å². The monoisotopic (exact) mass is 348 g/mol. The van der Waals surface area contributed by atoms with E-state index in [4.69, 9.17) is 4.74 Å². The number of hydrogen-bond acceptors (Lipinski definition) is 2. The second kappa shape index (κ2) is 6.96. The average Bonchev–Trinajstić information content (AvgIpc) is 3.11. The number of benzene rings is 2. The molecule has 1 atom stereocenters. The molecule has 26 heavy (non-hydrogen) atoms. The zero-order valence-corrected chi connectivity index (χ0v) is 15.3. The van der Waals surface area contributed by atoms with Gasteiger partial charge in [-0.05, 0) is 43.0 Å². The Bertz CT molecular complexity index is 914. The van der Waals surface area contributed by atoms with E-state index >= 15 is 0 Å². The van der Waals surface area contributed by atoms with E-state index in [1.54, 1.807) is 0 Å². The van der Waals surface area contributed by atoms with Crippen LogP contribution in [0.3, 0.4) is 0 Å². The molecule has 1 fully saturated rings. The topological polar surface area (TPSA) is 34.5 Å². The Morgan fingerprint density at radius 2 is 1.92 bits per heavy atom. The summed E-state index contributed by atoms with van der Waals surface area (Å²) >= 11 is 0. The first-order valence-electron chi connectivity index (χ1n) is 9.20. The minimum atomic E-state index is -0.0582. The predicted molar refractivity (Wildman–Crippen MR) is 103 cm³/mol. The Hall–Kier alpha value is -2.59. The van der Waals surface area contributed by atoms with Crippen molar-refractivity contribution in [1.29, 1.82) is 0 Å². The summed E-state index contributed by atoms with van der Waals surface area (Å²) in [6.07, 6.45) is 2.03. The normalized spacial score (nSPS) is 17.8. The maximum Gasteiger partial charge on any atom is 0.254 e. The first kappa shape index (κ1) is 16.9. The molecule has 1 saturated heterocycles. The third-order valence-corrected chi connectivity index (χ3v) is 5.05. The van der Waals surface area contributed by atoms with Crippen LogP contribution in [0.25, 0.3) is 10.9 Å². The molecule has 0 N–H and O–H groups in total. The summed E-state index contributed by atoms with van der Waals surface area (Å²) in [5, 5.41) is 1.17. The van der Waals surface area contributed by atoms with Gasteiger partial charge in [-0.3, -0.25) is 4.79 Å². The highest BCUT2D eigenvalue weighted by Gasteiger charge is 2.26. The third-order valence-electron chi connectivity index (χ3n) is 5.05. The number of fused-ring (bicyclic) bond motifs is 1. The molecule has 4 rings (SSSR count). The van der Waals surface area contributed by atoms with Crippen molar-refractivity contribution in [3.63, 3.8) is 0 Å². The molecule has 0 spiro atoms. The Balaban J connectivity index is 1.59. The first-order chi connectivity index (χ1) is 12.6. The standard InChI is InChI=1S/C22H24N2O2/c1-16(2)24-11-10-17-8-9-19(14-20(17)24)22(25)23-12-13-26-21(15-23)18-6-4-3-5-7-18/h3-11,14,16,21H,12-13,15H2,1-2H3/t21-/m0/s1. The molecule has 0 bridgehead atoms. The summed E-state index contributed by atoms with van der Waals surface area (Å²) in [6.45, 7) is 6.09. The molecule has 0 saturated carbocycles. The van der Waals surface area contributed by atoms with Crippen molar-refractivity contribution < 1.29 is 9.53 Å². The van der Waals surface area contributed by atoms with E-state index in [0.717, 1.165) is 16.6 Å². The number of morpholine rings is 1. The fourth-order valence-electron chi connectivity index (χ4n) is 3.62. The Kier molecular flexibility index (Phi) is 4.51. The van der Waals surface area contributed by atoms with E-state index in [1.807, 2.05) is 41.3 Å². The highest BCUT2D eigenvalue weighted by atomic mass is 16.5. The number of carbonyl (C=O) groups is 1. The van der Waals surface area contributed by atoms with Crippen molar-refractivity contribution in [1.82, 2.24) is 9.47 Å². The van der Waals surface area contributed by atoms with Gasteiger partial charge >= 0.3 is 0 Å². The Morgan fingerprint density at radius 1 is 1.12 bits per heavy atom. The van der Waals surface area contributed by atoms with E-state index < -0.39 is 0 Å². The largest absolute Gasteiger partial charge is 0.370 e. The fourth-order valence-corrected chi connectivity index (χ4v) is 3.62.